The molecule has 0 atom stereocenters. The summed E-state index contributed by atoms with van der Waals surface area (Å²) in [5.41, 5.74) is 5.44. The van der Waals surface area contributed by atoms with Gasteiger partial charge < -0.3 is 4.90 Å². The number of aromatic nitrogens is 2. The lowest BCUT2D eigenvalue weighted by atomic mass is 9.89. The molecule has 3 aromatic rings. The van der Waals surface area contributed by atoms with Crippen molar-refractivity contribution in [1.82, 2.24) is 9.97 Å². The molecule has 0 saturated carbocycles. The second-order valence-electron chi connectivity index (χ2n) is 7.20. The third-order valence-electron chi connectivity index (χ3n) is 5.32. The molecule has 0 fully saturated rings. The van der Waals surface area contributed by atoms with Gasteiger partial charge in [-0.3, -0.25) is 0 Å². The van der Waals surface area contributed by atoms with Crippen molar-refractivity contribution in [2.24, 2.45) is 0 Å². The van der Waals surface area contributed by atoms with Gasteiger partial charge in [0.2, 0.25) is 5.28 Å². The molecule has 0 spiro atoms. The molecular weight excluding hydrogens is 386 g/mol. The van der Waals surface area contributed by atoms with Crippen LogP contribution < -0.4 is 4.90 Å². The van der Waals surface area contributed by atoms with E-state index in [4.69, 9.17) is 11.6 Å². The fraction of sp³-hybridized carbons (Fsp3) is 0.304. The van der Waals surface area contributed by atoms with E-state index < -0.39 is 0 Å². The molecule has 0 saturated heterocycles. The first-order chi connectivity index (χ1) is 13.6. The normalized spacial score (nSPS) is 13.4. The Bertz CT molecular complexity index is 1040. The molecule has 2 heterocycles. The first-order valence-electron chi connectivity index (χ1n) is 9.68. The molecule has 0 amide bonds. The Kier molecular flexibility index (Phi) is 5.51. The monoisotopic (exact) mass is 409 g/mol. The van der Waals surface area contributed by atoms with Gasteiger partial charge in [-0.05, 0) is 60.9 Å². The summed E-state index contributed by atoms with van der Waals surface area (Å²) in [7, 11) is 0. The Hall–Kier alpha value is -2.17. The van der Waals surface area contributed by atoms with Crippen LogP contribution in [0.3, 0.4) is 0 Å². The second-order valence-corrected chi connectivity index (χ2v) is 8.74. The van der Waals surface area contributed by atoms with Crippen molar-refractivity contribution in [2.75, 3.05) is 18.0 Å². The van der Waals surface area contributed by atoms with Crippen molar-refractivity contribution in [3.63, 3.8) is 0 Å². The highest BCUT2D eigenvalue weighted by atomic mass is 35.5. The summed E-state index contributed by atoms with van der Waals surface area (Å²) in [4.78, 5) is 13.5. The van der Waals surface area contributed by atoms with Gasteiger partial charge >= 0.3 is 0 Å². The van der Waals surface area contributed by atoms with Crippen LogP contribution >= 0.6 is 22.9 Å². The number of aryl methyl sites for hydroxylation is 3. The summed E-state index contributed by atoms with van der Waals surface area (Å²) >= 11 is 7.96. The average molecular weight is 410 g/mol. The van der Waals surface area contributed by atoms with Crippen molar-refractivity contribution < 1.29 is 0 Å². The molecule has 1 aromatic carbocycles. The molecule has 3 nitrogen and oxygen atoms in total. The van der Waals surface area contributed by atoms with Crippen molar-refractivity contribution in [2.45, 2.75) is 32.6 Å². The molecule has 4 rings (SSSR count). The van der Waals surface area contributed by atoms with Crippen molar-refractivity contribution in [3.8, 4) is 11.1 Å². The van der Waals surface area contributed by atoms with Crippen LogP contribution in [0.15, 0.2) is 43.5 Å². The number of rotatable bonds is 6. The molecule has 0 radical (unpaired) electrons. The van der Waals surface area contributed by atoms with E-state index >= 15 is 0 Å². The van der Waals surface area contributed by atoms with Crippen LogP contribution in [0.2, 0.25) is 5.28 Å². The molecule has 5 heteroatoms. The standard InChI is InChI=1S/C23H24ClN3S/c1-4-12-27(13-5-2)21-20-19(15(3)28-22(20)26-23(24)25-21)18-11-10-16-8-6-7-9-17(16)14-18/h4-5,10-11,14H,1-2,6-9,12-13H2,3H3. The van der Waals surface area contributed by atoms with Gasteiger partial charge in [0.25, 0.3) is 0 Å². The summed E-state index contributed by atoms with van der Waals surface area (Å²) in [6, 6.07) is 6.92. The summed E-state index contributed by atoms with van der Waals surface area (Å²) in [6.45, 7) is 11.3. The lowest BCUT2D eigenvalue weighted by Gasteiger charge is -2.22. The van der Waals surface area contributed by atoms with Gasteiger partial charge in [-0.2, -0.15) is 4.98 Å². The molecular formula is C23H24ClN3S. The summed E-state index contributed by atoms with van der Waals surface area (Å²) in [5.74, 6) is 0.854. The Morgan fingerprint density at radius 3 is 2.54 bits per heavy atom. The highest BCUT2D eigenvalue weighted by molar-refractivity contribution is 7.19. The Morgan fingerprint density at radius 1 is 1.11 bits per heavy atom. The van der Waals surface area contributed by atoms with Crippen LogP contribution in [0.1, 0.15) is 28.8 Å². The zero-order valence-corrected chi connectivity index (χ0v) is 17.7. The van der Waals surface area contributed by atoms with Gasteiger partial charge in [-0.1, -0.05) is 30.4 Å². The Morgan fingerprint density at radius 2 is 1.82 bits per heavy atom. The smallest absolute Gasteiger partial charge is 0.225 e. The maximum atomic E-state index is 6.28. The van der Waals surface area contributed by atoms with Gasteiger partial charge in [-0.25, -0.2) is 4.98 Å². The van der Waals surface area contributed by atoms with E-state index in [-0.39, 0.29) is 5.28 Å². The largest absolute Gasteiger partial charge is 0.348 e. The lowest BCUT2D eigenvalue weighted by molar-refractivity contribution is 0.686. The summed E-state index contributed by atoms with van der Waals surface area (Å²) < 4.78 is 0. The SMILES string of the molecule is C=CCN(CC=C)c1nc(Cl)nc2sc(C)c(-c3ccc4c(c3)CCCC4)c12. The Balaban J connectivity index is 1.95. The molecule has 144 valence electrons. The maximum Gasteiger partial charge on any atom is 0.225 e. The lowest BCUT2D eigenvalue weighted by Crippen LogP contribution is -2.24. The minimum absolute atomic E-state index is 0.277. The van der Waals surface area contributed by atoms with E-state index in [1.807, 2.05) is 12.2 Å². The van der Waals surface area contributed by atoms with Crippen LogP contribution in [0.4, 0.5) is 5.82 Å². The van der Waals surface area contributed by atoms with E-state index in [0.29, 0.717) is 13.1 Å². The fourth-order valence-electron chi connectivity index (χ4n) is 4.09. The van der Waals surface area contributed by atoms with Crippen LogP contribution in [-0.4, -0.2) is 23.1 Å². The summed E-state index contributed by atoms with van der Waals surface area (Å²) in [6.07, 6.45) is 8.68. The molecule has 0 aliphatic heterocycles. The number of fused-ring (bicyclic) bond motifs is 2. The molecule has 0 bridgehead atoms. The first-order valence-corrected chi connectivity index (χ1v) is 10.9. The highest BCUT2D eigenvalue weighted by Gasteiger charge is 2.22. The predicted octanol–water partition coefficient (Wildman–Crippen LogP) is 6.38. The van der Waals surface area contributed by atoms with Gasteiger partial charge in [0, 0.05) is 23.5 Å². The number of benzene rings is 1. The number of nitrogens with zero attached hydrogens (tertiary/aromatic N) is 3. The van der Waals surface area contributed by atoms with Gasteiger partial charge in [0.15, 0.2) is 0 Å². The first kappa shape index (κ1) is 19.2. The van der Waals surface area contributed by atoms with Crippen molar-refractivity contribution >= 4 is 39.0 Å². The zero-order valence-electron chi connectivity index (χ0n) is 16.2. The average Bonchev–Trinajstić information content (AvgIpc) is 3.02. The number of hydrogen-bond acceptors (Lipinski definition) is 4. The van der Waals surface area contributed by atoms with Gasteiger partial charge in [0.1, 0.15) is 10.6 Å². The molecule has 0 unspecified atom stereocenters. The third kappa shape index (κ3) is 3.47. The predicted molar refractivity (Wildman–Crippen MR) is 122 cm³/mol. The number of anilines is 1. The molecule has 0 N–H and O–H groups in total. The minimum Gasteiger partial charge on any atom is -0.348 e. The molecule has 2 aromatic heterocycles. The number of hydrogen-bond donors (Lipinski definition) is 0. The molecule has 28 heavy (non-hydrogen) atoms. The van der Waals surface area contributed by atoms with E-state index in [2.05, 4.69) is 53.1 Å². The topological polar surface area (TPSA) is 29.0 Å². The van der Waals surface area contributed by atoms with Crippen LogP contribution in [0, 0.1) is 6.92 Å². The van der Waals surface area contributed by atoms with Crippen LogP contribution in [0.5, 0.6) is 0 Å². The quantitative estimate of drug-likeness (QED) is 0.349. The number of halogens is 1. The highest BCUT2D eigenvalue weighted by Crippen LogP contribution is 2.43. The summed E-state index contributed by atoms with van der Waals surface area (Å²) in [5, 5.41) is 1.35. The minimum atomic E-state index is 0.277. The number of thiophene rings is 1. The van der Waals surface area contributed by atoms with E-state index in [0.717, 1.165) is 16.0 Å². The Labute approximate surface area is 175 Å². The second kappa shape index (κ2) is 8.06. The van der Waals surface area contributed by atoms with Crippen molar-refractivity contribution in [3.05, 3.63) is 64.8 Å². The van der Waals surface area contributed by atoms with Crippen LogP contribution in [0.25, 0.3) is 21.3 Å². The van der Waals surface area contributed by atoms with Crippen LogP contribution in [-0.2, 0) is 12.8 Å². The zero-order chi connectivity index (χ0) is 19.7. The van der Waals surface area contributed by atoms with Gasteiger partial charge in [0.05, 0.1) is 5.39 Å². The maximum absolute atomic E-state index is 6.28. The van der Waals surface area contributed by atoms with E-state index in [9.17, 15) is 0 Å². The third-order valence-corrected chi connectivity index (χ3v) is 6.49. The van der Waals surface area contributed by atoms with Crippen molar-refractivity contribution in [1.29, 1.82) is 0 Å². The fourth-order valence-corrected chi connectivity index (χ4v) is 5.35. The van der Waals surface area contributed by atoms with E-state index in [1.54, 1.807) is 11.3 Å². The molecule has 1 aliphatic carbocycles. The van der Waals surface area contributed by atoms with E-state index in [1.165, 1.54) is 52.8 Å². The van der Waals surface area contributed by atoms with Gasteiger partial charge in [-0.15, -0.1) is 24.5 Å². The molecule has 1 aliphatic rings.